The predicted octanol–water partition coefficient (Wildman–Crippen LogP) is 3.96. The molecule has 0 bridgehead atoms. The fourth-order valence-corrected chi connectivity index (χ4v) is 4.05. The van der Waals surface area contributed by atoms with Crippen LogP contribution in [0.1, 0.15) is 33.3 Å². The number of aliphatic hydroxyl groups is 2. The zero-order chi connectivity index (χ0) is 23.3. The van der Waals surface area contributed by atoms with Crippen molar-refractivity contribution < 1.29 is 14.6 Å². The number of hydrogen-bond donors (Lipinski definition) is 2. The highest BCUT2D eigenvalue weighted by molar-refractivity contribution is 6.08. The van der Waals surface area contributed by atoms with Gasteiger partial charge in [-0.05, 0) is 43.2 Å². The Labute approximate surface area is 187 Å². The third-order valence-electron chi connectivity index (χ3n) is 5.59. The van der Waals surface area contributed by atoms with Crippen molar-refractivity contribution in [3.05, 3.63) is 81.0 Å². The SMILES string of the molecule is CC.CC[N+](CC)=c1ccc2c(-c3ccccc3CO)c3ccc(=O)/c(=C/O)c3oc2c1. The van der Waals surface area contributed by atoms with Crippen LogP contribution in [0.2, 0.25) is 0 Å². The number of fused-ring (bicyclic) bond motifs is 2. The zero-order valence-electron chi connectivity index (χ0n) is 19.1. The van der Waals surface area contributed by atoms with Gasteiger partial charge in [0.05, 0.1) is 24.2 Å². The number of hydrogen-bond acceptors (Lipinski definition) is 4. The van der Waals surface area contributed by atoms with E-state index < -0.39 is 0 Å². The van der Waals surface area contributed by atoms with E-state index in [1.165, 1.54) is 6.07 Å². The lowest BCUT2D eigenvalue weighted by atomic mass is 9.93. The van der Waals surface area contributed by atoms with Gasteiger partial charge in [0.25, 0.3) is 0 Å². The van der Waals surface area contributed by atoms with E-state index in [-0.39, 0.29) is 17.3 Å². The average Bonchev–Trinajstić information content (AvgIpc) is 2.84. The zero-order valence-corrected chi connectivity index (χ0v) is 19.1. The molecule has 5 nitrogen and oxygen atoms in total. The molecule has 0 radical (unpaired) electrons. The highest BCUT2D eigenvalue weighted by Gasteiger charge is 2.17. The minimum absolute atomic E-state index is 0.110. The van der Waals surface area contributed by atoms with Crippen molar-refractivity contribution in [2.75, 3.05) is 13.1 Å². The Balaban J connectivity index is 0.00000141. The van der Waals surface area contributed by atoms with Crippen LogP contribution in [-0.2, 0) is 6.61 Å². The Morgan fingerprint density at radius 2 is 1.66 bits per heavy atom. The first-order chi connectivity index (χ1) is 15.6. The van der Waals surface area contributed by atoms with E-state index >= 15 is 0 Å². The molecule has 0 amide bonds. The molecule has 0 saturated heterocycles. The summed E-state index contributed by atoms with van der Waals surface area (Å²) >= 11 is 0. The maximum atomic E-state index is 12.3. The summed E-state index contributed by atoms with van der Waals surface area (Å²) in [6.45, 7) is 9.79. The van der Waals surface area contributed by atoms with Crippen LogP contribution in [0, 0.1) is 0 Å². The topological polar surface area (TPSA) is 73.7 Å². The van der Waals surface area contributed by atoms with Crippen LogP contribution in [-0.4, -0.2) is 23.3 Å². The first kappa shape index (κ1) is 23.2. The second-order valence-electron chi connectivity index (χ2n) is 7.13. The van der Waals surface area contributed by atoms with Crippen LogP contribution in [0.5, 0.6) is 0 Å². The Kier molecular flexibility index (Phi) is 7.44. The van der Waals surface area contributed by atoms with Crippen LogP contribution < -0.4 is 20.6 Å². The maximum Gasteiger partial charge on any atom is 0.203 e. The van der Waals surface area contributed by atoms with Gasteiger partial charge < -0.3 is 14.6 Å². The van der Waals surface area contributed by atoms with Gasteiger partial charge in [-0.2, -0.15) is 0 Å². The first-order valence-corrected chi connectivity index (χ1v) is 11.1. The quantitative estimate of drug-likeness (QED) is 0.378. The van der Waals surface area contributed by atoms with Crippen molar-refractivity contribution in [3.8, 4) is 11.1 Å². The van der Waals surface area contributed by atoms with Gasteiger partial charge in [-0.3, -0.25) is 4.79 Å². The minimum atomic E-state index is -0.311. The van der Waals surface area contributed by atoms with E-state index in [9.17, 15) is 15.0 Å². The molecule has 32 heavy (non-hydrogen) atoms. The van der Waals surface area contributed by atoms with Crippen molar-refractivity contribution in [2.24, 2.45) is 0 Å². The monoisotopic (exact) mass is 432 g/mol. The van der Waals surface area contributed by atoms with Gasteiger partial charge in [-0.15, -0.1) is 0 Å². The highest BCUT2D eigenvalue weighted by atomic mass is 16.3. The molecule has 1 aromatic heterocycles. The molecule has 0 unspecified atom stereocenters. The van der Waals surface area contributed by atoms with Gasteiger partial charge in [-0.25, -0.2) is 4.58 Å². The molecule has 5 heteroatoms. The van der Waals surface area contributed by atoms with Crippen LogP contribution in [0.3, 0.4) is 0 Å². The van der Waals surface area contributed by atoms with Crippen LogP contribution in [0.15, 0.2) is 63.8 Å². The van der Waals surface area contributed by atoms with Crippen molar-refractivity contribution in [2.45, 2.75) is 34.3 Å². The summed E-state index contributed by atoms with van der Waals surface area (Å²) in [4.78, 5) is 12.3. The summed E-state index contributed by atoms with van der Waals surface area (Å²) in [6, 6.07) is 16.8. The normalized spacial score (nSPS) is 11.5. The van der Waals surface area contributed by atoms with E-state index in [2.05, 4.69) is 24.5 Å². The van der Waals surface area contributed by atoms with E-state index in [1.807, 2.05) is 50.2 Å². The van der Waals surface area contributed by atoms with E-state index in [1.54, 1.807) is 6.07 Å². The number of aliphatic hydroxyl groups excluding tert-OH is 2. The standard InChI is InChI=1S/C25H23NO4.C2H6/c1-3-26(4-2)17-9-10-19-23(13-17)30-25-20(11-12-22(29)21(25)15-28)24(19)18-8-6-5-7-16(18)14-27;1-2/h5-13,15,27H,3-4,14H2,1-2H3;1-2H3/p+1. The van der Waals surface area contributed by atoms with Crippen molar-refractivity contribution in [1.82, 2.24) is 4.58 Å². The predicted molar refractivity (Wildman–Crippen MR) is 131 cm³/mol. The summed E-state index contributed by atoms with van der Waals surface area (Å²) in [6.07, 6.45) is 0.802. The molecule has 3 aromatic carbocycles. The third-order valence-corrected chi connectivity index (χ3v) is 5.59. The molecular weight excluding hydrogens is 402 g/mol. The van der Waals surface area contributed by atoms with Gasteiger partial charge in [0.1, 0.15) is 24.3 Å². The minimum Gasteiger partial charge on any atom is -0.515 e. The molecule has 0 spiro atoms. The average molecular weight is 433 g/mol. The largest absolute Gasteiger partial charge is 0.515 e. The number of rotatable bonds is 4. The second-order valence-corrected chi connectivity index (χ2v) is 7.13. The Morgan fingerprint density at radius 3 is 2.31 bits per heavy atom. The Bertz CT molecular complexity index is 1430. The molecule has 0 aliphatic carbocycles. The van der Waals surface area contributed by atoms with E-state index in [0.717, 1.165) is 46.8 Å². The highest BCUT2D eigenvalue weighted by Crippen LogP contribution is 2.36. The van der Waals surface area contributed by atoms with Crippen LogP contribution in [0.25, 0.3) is 39.3 Å². The molecule has 166 valence electrons. The summed E-state index contributed by atoms with van der Waals surface area (Å²) in [5.41, 5.74) is 3.14. The van der Waals surface area contributed by atoms with Gasteiger partial charge >= 0.3 is 0 Å². The van der Waals surface area contributed by atoms with Gasteiger partial charge in [0.2, 0.25) is 5.36 Å². The Hall–Kier alpha value is -3.44. The lowest BCUT2D eigenvalue weighted by molar-refractivity contribution is 0.282. The molecule has 4 aromatic rings. The summed E-state index contributed by atoms with van der Waals surface area (Å²) in [7, 11) is 0. The Morgan fingerprint density at radius 1 is 0.969 bits per heavy atom. The molecule has 0 aliphatic rings. The van der Waals surface area contributed by atoms with E-state index in [0.29, 0.717) is 16.6 Å². The third kappa shape index (κ3) is 4.04. The molecule has 2 N–H and O–H groups in total. The number of nitrogens with zero attached hydrogens (tertiary/aromatic N) is 1. The molecule has 0 fully saturated rings. The first-order valence-electron chi connectivity index (χ1n) is 11.1. The maximum absolute atomic E-state index is 12.3. The lowest BCUT2D eigenvalue weighted by Gasteiger charge is -2.14. The summed E-state index contributed by atoms with van der Waals surface area (Å²) < 4.78 is 8.40. The van der Waals surface area contributed by atoms with Crippen molar-refractivity contribution in [3.63, 3.8) is 0 Å². The number of benzene rings is 3. The molecule has 1 heterocycles. The molecule has 0 saturated carbocycles. The second kappa shape index (κ2) is 10.2. The van der Waals surface area contributed by atoms with E-state index in [4.69, 9.17) is 4.42 Å². The van der Waals surface area contributed by atoms with Crippen LogP contribution >= 0.6 is 0 Å². The summed E-state index contributed by atoms with van der Waals surface area (Å²) in [5, 5.41) is 22.4. The van der Waals surface area contributed by atoms with Crippen LogP contribution in [0.4, 0.5) is 0 Å². The lowest BCUT2D eigenvalue weighted by Crippen LogP contribution is -2.29. The smallest absolute Gasteiger partial charge is 0.203 e. The summed E-state index contributed by atoms with van der Waals surface area (Å²) in [5.74, 6) is 0. The van der Waals surface area contributed by atoms with Crippen molar-refractivity contribution >= 4 is 28.2 Å². The molecular formula is C27H30NO4+. The van der Waals surface area contributed by atoms with Gasteiger partial charge in [0.15, 0.2) is 5.43 Å². The van der Waals surface area contributed by atoms with Crippen molar-refractivity contribution in [1.29, 1.82) is 0 Å². The van der Waals surface area contributed by atoms with Gasteiger partial charge in [0, 0.05) is 22.4 Å². The fourth-order valence-electron chi connectivity index (χ4n) is 4.05. The fraction of sp³-hybridized carbons (Fsp3) is 0.259. The molecule has 4 rings (SSSR count). The molecule has 0 atom stereocenters. The van der Waals surface area contributed by atoms with Gasteiger partial charge in [-0.1, -0.05) is 38.1 Å². The molecule has 0 aliphatic heterocycles.